The van der Waals surface area contributed by atoms with Crippen molar-refractivity contribution in [1.82, 2.24) is 9.71 Å². The topological polar surface area (TPSA) is 93.2 Å². The average Bonchev–Trinajstić information content (AvgIpc) is 2.61. The summed E-state index contributed by atoms with van der Waals surface area (Å²) in [6.07, 6.45) is 3.09. The second kappa shape index (κ2) is 8.90. The number of alkyl halides is 1. The quantitative estimate of drug-likeness (QED) is 0.496. The molecule has 0 radical (unpaired) electrons. The molecule has 10 heteroatoms. The normalized spacial score (nSPS) is 13.5. The molecule has 0 bridgehead atoms. The van der Waals surface area contributed by atoms with Gasteiger partial charge in [0.1, 0.15) is 11.1 Å². The molecule has 0 saturated heterocycles. The number of aromatic nitrogens is 1. The number of nitrogens with zero attached hydrogens (tertiary/aromatic N) is 1. The molecule has 2 rings (SSSR count). The third kappa shape index (κ3) is 5.47. The first kappa shape index (κ1) is 20.8. The SMILES string of the molecule is O=S(=O)(CCCCl)NCC(c1cccnc1)S(=O)(=O)c1ccc(F)cc1. The predicted octanol–water partition coefficient (Wildman–Crippen LogP) is 2.28. The molecule has 1 aromatic heterocycles. The van der Waals surface area contributed by atoms with Gasteiger partial charge < -0.3 is 0 Å². The lowest BCUT2D eigenvalue weighted by Crippen LogP contribution is -2.33. The molecule has 26 heavy (non-hydrogen) atoms. The van der Waals surface area contributed by atoms with Crippen molar-refractivity contribution in [1.29, 1.82) is 0 Å². The molecule has 0 spiro atoms. The van der Waals surface area contributed by atoms with Crippen LogP contribution in [0.1, 0.15) is 17.2 Å². The Balaban J connectivity index is 2.34. The second-order valence-electron chi connectivity index (χ2n) is 5.48. The Hall–Kier alpha value is -1.55. The number of halogens is 2. The zero-order valence-corrected chi connectivity index (χ0v) is 16.1. The number of rotatable bonds is 9. The third-order valence-electron chi connectivity index (χ3n) is 3.61. The maximum atomic E-state index is 13.1. The van der Waals surface area contributed by atoms with Crippen molar-refractivity contribution >= 4 is 31.5 Å². The van der Waals surface area contributed by atoms with E-state index < -0.39 is 30.9 Å². The molecule has 1 N–H and O–H groups in total. The number of sulfone groups is 1. The van der Waals surface area contributed by atoms with E-state index >= 15 is 0 Å². The van der Waals surface area contributed by atoms with Crippen LogP contribution in [-0.2, 0) is 19.9 Å². The molecular formula is C16H18ClFN2O4S2. The van der Waals surface area contributed by atoms with Gasteiger partial charge in [-0.15, -0.1) is 11.6 Å². The molecule has 2 aromatic rings. The van der Waals surface area contributed by atoms with Crippen molar-refractivity contribution in [2.45, 2.75) is 16.6 Å². The van der Waals surface area contributed by atoms with Gasteiger partial charge >= 0.3 is 0 Å². The largest absolute Gasteiger partial charge is 0.264 e. The lowest BCUT2D eigenvalue weighted by molar-refractivity contribution is 0.567. The van der Waals surface area contributed by atoms with Crippen LogP contribution in [0.3, 0.4) is 0 Å². The Labute approximate surface area is 157 Å². The van der Waals surface area contributed by atoms with E-state index in [0.29, 0.717) is 5.56 Å². The first-order valence-electron chi connectivity index (χ1n) is 7.69. The molecule has 142 valence electrons. The van der Waals surface area contributed by atoms with Crippen molar-refractivity contribution in [3.8, 4) is 0 Å². The van der Waals surface area contributed by atoms with E-state index in [1.165, 1.54) is 12.4 Å². The maximum Gasteiger partial charge on any atom is 0.211 e. The van der Waals surface area contributed by atoms with E-state index in [9.17, 15) is 21.2 Å². The van der Waals surface area contributed by atoms with Gasteiger partial charge in [0.2, 0.25) is 10.0 Å². The van der Waals surface area contributed by atoms with Gasteiger partial charge in [-0.1, -0.05) is 6.07 Å². The monoisotopic (exact) mass is 420 g/mol. The van der Waals surface area contributed by atoms with Crippen molar-refractivity contribution in [3.05, 3.63) is 60.2 Å². The van der Waals surface area contributed by atoms with Crippen molar-refractivity contribution in [2.75, 3.05) is 18.2 Å². The van der Waals surface area contributed by atoms with Gasteiger partial charge in [0, 0.05) is 24.8 Å². The Kier molecular flexibility index (Phi) is 7.10. The highest BCUT2D eigenvalue weighted by Gasteiger charge is 2.30. The van der Waals surface area contributed by atoms with Gasteiger partial charge in [-0.3, -0.25) is 4.98 Å². The van der Waals surface area contributed by atoms with Crippen LogP contribution in [-0.4, -0.2) is 40.0 Å². The summed E-state index contributed by atoms with van der Waals surface area (Å²) in [6, 6.07) is 7.48. The first-order chi connectivity index (χ1) is 12.3. The van der Waals surface area contributed by atoms with E-state index in [1.54, 1.807) is 12.1 Å². The number of pyridine rings is 1. The Morgan fingerprint density at radius 1 is 1.12 bits per heavy atom. The first-order valence-corrected chi connectivity index (χ1v) is 11.4. The van der Waals surface area contributed by atoms with Gasteiger partial charge in [0.15, 0.2) is 9.84 Å². The summed E-state index contributed by atoms with van der Waals surface area (Å²) in [5, 5.41) is -1.20. The minimum Gasteiger partial charge on any atom is -0.264 e. The van der Waals surface area contributed by atoms with Gasteiger partial charge in [-0.05, 0) is 42.3 Å². The number of sulfonamides is 1. The lowest BCUT2D eigenvalue weighted by atomic mass is 10.2. The third-order valence-corrected chi connectivity index (χ3v) is 7.43. The van der Waals surface area contributed by atoms with Gasteiger partial charge in [-0.25, -0.2) is 25.9 Å². The number of hydrogen-bond donors (Lipinski definition) is 1. The van der Waals surface area contributed by atoms with E-state index in [4.69, 9.17) is 11.6 Å². The molecule has 1 atom stereocenters. The summed E-state index contributed by atoms with van der Waals surface area (Å²) in [6.45, 7) is -0.365. The van der Waals surface area contributed by atoms with E-state index in [-0.39, 0.29) is 29.5 Å². The highest BCUT2D eigenvalue weighted by Crippen LogP contribution is 2.28. The van der Waals surface area contributed by atoms with Crippen LogP contribution in [0, 0.1) is 5.82 Å². The molecule has 0 amide bonds. The molecular weight excluding hydrogens is 403 g/mol. The average molecular weight is 421 g/mol. The molecule has 6 nitrogen and oxygen atoms in total. The molecule has 0 aliphatic rings. The molecule has 0 saturated carbocycles. The number of nitrogens with one attached hydrogen (secondary N) is 1. The van der Waals surface area contributed by atoms with Gasteiger partial charge in [0.25, 0.3) is 0 Å². The molecule has 1 aromatic carbocycles. The molecule has 0 fully saturated rings. The summed E-state index contributed by atoms with van der Waals surface area (Å²) in [5.74, 6) is -0.586. The van der Waals surface area contributed by atoms with Crippen molar-refractivity contribution in [2.24, 2.45) is 0 Å². The fourth-order valence-corrected chi connectivity index (χ4v) is 5.41. The zero-order valence-electron chi connectivity index (χ0n) is 13.7. The Morgan fingerprint density at radius 3 is 2.38 bits per heavy atom. The predicted molar refractivity (Wildman–Crippen MR) is 97.7 cm³/mol. The summed E-state index contributed by atoms with van der Waals surface area (Å²) in [5.41, 5.74) is 0.330. The van der Waals surface area contributed by atoms with E-state index in [2.05, 4.69) is 9.71 Å². The summed E-state index contributed by atoms with van der Waals surface area (Å²) >= 11 is 5.50. The fourth-order valence-electron chi connectivity index (χ4n) is 2.28. The minimum atomic E-state index is -3.97. The summed E-state index contributed by atoms with van der Waals surface area (Å²) in [7, 11) is -7.65. The van der Waals surface area contributed by atoms with Crippen LogP contribution in [0.15, 0.2) is 53.7 Å². The Bertz CT molecular complexity index is 920. The smallest absolute Gasteiger partial charge is 0.211 e. The highest BCUT2D eigenvalue weighted by molar-refractivity contribution is 7.92. The van der Waals surface area contributed by atoms with E-state index in [0.717, 1.165) is 24.3 Å². The summed E-state index contributed by atoms with van der Waals surface area (Å²) in [4.78, 5) is 3.80. The minimum absolute atomic E-state index is 0.104. The van der Waals surface area contributed by atoms with Crippen LogP contribution in [0.5, 0.6) is 0 Å². The molecule has 0 aliphatic carbocycles. The lowest BCUT2D eigenvalue weighted by Gasteiger charge is -2.18. The maximum absolute atomic E-state index is 13.1. The zero-order chi connectivity index (χ0) is 19.2. The Morgan fingerprint density at radius 2 is 1.81 bits per heavy atom. The van der Waals surface area contributed by atoms with Crippen LogP contribution in [0.4, 0.5) is 4.39 Å². The fraction of sp³-hybridized carbons (Fsp3) is 0.312. The number of benzene rings is 1. The number of hydrogen-bond acceptors (Lipinski definition) is 5. The highest BCUT2D eigenvalue weighted by atomic mass is 35.5. The van der Waals surface area contributed by atoms with Gasteiger partial charge in [-0.2, -0.15) is 0 Å². The van der Waals surface area contributed by atoms with Crippen LogP contribution < -0.4 is 4.72 Å². The second-order valence-corrected chi connectivity index (χ2v) is 9.92. The van der Waals surface area contributed by atoms with Crippen LogP contribution in [0.25, 0.3) is 0 Å². The van der Waals surface area contributed by atoms with Crippen molar-refractivity contribution in [3.63, 3.8) is 0 Å². The standard InChI is InChI=1S/C16H18ClFN2O4S2/c17-8-2-10-25(21,22)20-12-16(13-3-1-9-19-11-13)26(23,24)15-6-4-14(18)5-7-15/h1,3-7,9,11,16,20H,2,8,10,12H2. The van der Waals surface area contributed by atoms with Crippen LogP contribution in [0.2, 0.25) is 0 Å². The van der Waals surface area contributed by atoms with Gasteiger partial charge in [0.05, 0.1) is 10.6 Å². The molecule has 1 unspecified atom stereocenters. The molecule has 0 aliphatic heterocycles. The summed E-state index contributed by atoms with van der Waals surface area (Å²) < 4.78 is 65.4. The van der Waals surface area contributed by atoms with Crippen LogP contribution >= 0.6 is 11.6 Å². The molecule has 1 heterocycles. The van der Waals surface area contributed by atoms with Crippen molar-refractivity contribution < 1.29 is 21.2 Å². The van der Waals surface area contributed by atoms with E-state index in [1.807, 2.05) is 0 Å².